The van der Waals surface area contributed by atoms with E-state index in [2.05, 4.69) is 11.9 Å². The second-order valence-electron chi connectivity index (χ2n) is 3.17. The molecule has 0 saturated heterocycles. The molecule has 1 rings (SSSR count). The molecule has 0 fully saturated rings. The first-order valence-corrected chi connectivity index (χ1v) is 4.63. The maximum Gasteiger partial charge on any atom is 0.303 e. The van der Waals surface area contributed by atoms with Crippen LogP contribution in [0.5, 0.6) is 0 Å². The molecule has 13 heavy (non-hydrogen) atoms. The summed E-state index contributed by atoms with van der Waals surface area (Å²) in [5.41, 5.74) is 0. The number of hydrogen-bond acceptors (Lipinski definition) is 3. The summed E-state index contributed by atoms with van der Waals surface area (Å²) < 4.78 is 5.30. The zero-order chi connectivity index (χ0) is 9.68. The third-order valence-corrected chi connectivity index (χ3v) is 1.92. The van der Waals surface area contributed by atoms with Crippen molar-refractivity contribution < 1.29 is 14.6 Å². The van der Waals surface area contributed by atoms with Gasteiger partial charge in [0, 0.05) is 12.8 Å². The predicted molar refractivity (Wildman–Crippen MR) is 49.0 cm³/mol. The van der Waals surface area contributed by atoms with E-state index >= 15 is 0 Å². The molecule has 74 valence electrons. The lowest BCUT2D eigenvalue weighted by molar-refractivity contribution is -0.137. The minimum atomic E-state index is -0.765. The van der Waals surface area contributed by atoms with Crippen LogP contribution >= 0.6 is 0 Å². The fourth-order valence-corrected chi connectivity index (χ4v) is 1.26. The SMILES string of the molecule is CCCC1=NC(CCC(=O)O)CO1. The maximum atomic E-state index is 10.3. The molecule has 1 aliphatic rings. The minimum Gasteiger partial charge on any atom is -0.481 e. The van der Waals surface area contributed by atoms with Gasteiger partial charge >= 0.3 is 5.97 Å². The summed E-state index contributed by atoms with van der Waals surface area (Å²) in [6.07, 6.45) is 2.65. The van der Waals surface area contributed by atoms with Crippen molar-refractivity contribution >= 4 is 11.9 Å². The summed E-state index contributed by atoms with van der Waals surface area (Å²) in [4.78, 5) is 14.6. The Balaban J connectivity index is 2.26. The largest absolute Gasteiger partial charge is 0.481 e. The fraction of sp³-hybridized carbons (Fsp3) is 0.778. The highest BCUT2D eigenvalue weighted by Crippen LogP contribution is 2.12. The first-order valence-electron chi connectivity index (χ1n) is 4.63. The molecule has 4 nitrogen and oxygen atoms in total. The summed E-state index contributed by atoms with van der Waals surface area (Å²) in [6.45, 7) is 2.62. The maximum absolute atomic E-state index is 10.3. The fourth-order valence-electron chi connectivity index (χ4n) is 1.26. The van der Waals surface area contributed by atoms with Crippen LogP contribution in [-0.2, 0) is 9.53 Å². The molecule has 0 aromatic rings. The third-order valence-electron chi connectivity index (χ3n) is 1.92. The summed E-state index contributed by atoms with van der Waals surface area (Å²) in [5, 5.41) is 8.45. The number of ether oxygens (including phenoxy) is 1. The summed E-state index contributed by atoms with van der Waals surface area (Å²) in [7, 11) is 0. The monoisotopic (exact) mass is 185 g/mol. The van der Waals surface area contributed by atoms with Crippen LogP contribution < -0.4 is 0 Å². The van der Waals surface area contributed by atoms with Gasteiger partial charge < -0.3 is 9.84 Å². The molecule has 0 aliphatic carbocycles. The summed E-state index contributed by atoms with van der Waals surface area (Å²) in [6, 6.07) is 0.0673. The number of aliphatic carboxylic acids is 1. The standard InChI is InChI=1S/C9H15NO3/c1-2-3-8-10-7(6-13-8)4-5-9(11)12/h7H,2-6H2,1H3,(H,11,12). The predicted octanol–water partition coefficient (Wildman–Crippen LogP) is 1.45. The normalized spacial score (nSPS) is 21.0. The van der Waals surface area contributed by atoms with Crippen molar-refractivity contribution in [3.8, 4) is 0 Å². The van der Waals surface area contributed by atoms with E-state index in [1.165, 1.54) is 0 Å². The molecule has 1 atom stereocenters. The van der Waals surface area contributed by atoms with Crippen molar-refractivity contribution in [3.63, 3.8) is 0 Å². The van der Waals surface area contributed by atoms with E-state index in [-0.39, 0.29) is 12.5 Å². The summed E-state index contributed by atoms with van der Waals surface area (Å²) in [5.74, 6) is 0.0250. The zero-order valence-electron chi connectivity index (χ0n) is 7.82. The Bertz CT molecular complexity index is 213. The Morgan fingerprint density at radius 3 is 3.15 bits per heavy atom. The zero-order valence-corrected chi connectivity index (χ0v) is 7.82. The van der Waals surface area contributed by atoms with Gasteiger partial charge in [-0.2, -0.15) is 0 Å². The highest BCUT2D eigenvalue weighted by atomic mass is 16.5. The molecule has 0 bridgehead atoms. The molecule has 4 heteroatoms. The van der Waals surface area contributed by atoms with Gasteiger partial charge in [0.05, 0.1) is 6.04 Å². The van der Waals surface area contributed by atoms with Crippen molar-refractivity contribution in [1.82, 2.24) is 0 Å². The molecule has 0 radical (unpaired) electrons. The molecule has 1 unspecified atom stereocenters. The number of aliphatic imine (C=N–C) groups is 1. The average Bonchev–Trinajstić information content (AvgIpc) is 2.50. The molecule has 0 aromatic carbocycles. The molecular weight excluding hydrogens is 170 g/mol. The first kappa shape index (κ1) is 10.0. The van der Waals surface area contributed by atoms with Crippen molar-refractivity contribution in [2.45, 2.75) is 38.6 Å². The molecule has 0 saturated carbocycles. The van der Waals surface area contributed by atoms with Crippen molar-refractivity contribution in [2.75, 3.05) is 6.61 Å². The van der Waals surface area contributed by atoms with E-state index in [0.717, 1.165) is 18.7 Å². The van der Waals surface area contributed by atoms with E-state index in [0.29, 0.717) is 13.0 Å². The molecule has 0 aromatic heterocycles. The summed E-state index contributed by atoms with van der Waals surface area (Å²) >= 11 is 0. The van der Waals surface area contributed by atoms with Gasteiger partial charge in [-0.15, -0.1) is 0 Å². The number of nitrogens with zero attached hydrogens (tertiary/aromatic N) is 1. The molecule has 1 N–H and O–H groups in total. The molecule has 1 aliphatic heterocycles. The topological polar surface area (TPSA) is 58.9 Å². The highest BCUT2D eigenvalue weighted by molar-refractivity contribution is 5.77. The molecule has 0 spiro atoms. The Morgan fingerprint density at radius 2 is 2.54 bits per heavy atom. The lowest BCUT2D eigenvalue weighted by atomic mass is 10.2. The van der Waals surface area contributed by atoms with Crippen LogP contribution in [0.3, 0.4) is 0 Å². The van der Waals surface area contributed by atoms with Crippen LogP contribution in [0.1, 0.15) is 32.6 Å². The van der Waals surface area contributed by atoms with Gasteiger partial charge in [0.1, 0.15) is 6.61 Å². The van der Waals surface area contributed by atoms with Crippen LogP contribution in [0.4, 0.5) is 0 Å². The highest BCUT2D eigenvalue weighted by Gasteiger charge is 2.18. The van der Waals surface area contributed by atoms with Gasteiger partial charge in [0.15, 0.2) is 5.90 Å². The number of carboxylic acid groups (broad SMARTS) is 1. The minimum absolute atomic E-state index is 0.0673. The Hall–Kier alpha value is -1.06. The Labute approximate surface area is 77.6 Å². The number of carboxylic acids is 1. The second-order valence-corrected chi connectivity index (χ2v) is 3.17. The second kappa shape index (κ2) is 4.84. The van der Waals surface area contributed by atoms with Gasteiger partial charge in [-0.25, -0.2) is 4.99 Å². The number of carbonyl (C=O) groups is 1. The van der Waals surface area contributed by atoms with Gasteiger partial charge in [0.25, 0.3) is 0 Å². The van der Waals surface area contributed by atoms with Crippen LogP contribution in [0, 0.1) is 0 Å². The van der Waals surface area contributed by atoms with E-state index in [1.54, 1.807) is 0 Å². The van der Waals surface area contributed by atoms with Gasteiger partial charge in [-0.3, -0.25) is 4.79 Å². The number of rotatable bonds is 5. The van der Waals surface area contributed by atoms with Crippen molar-refractivity contribution in [3.05, 3.63) is 0 Å². The van der Waals surface area contributed by atoms with Gasteiger partial charge in [-0.05, 0) is 12.8 Å². The lowest BCUT2D eigenvalue weighted by Gasteiger charge is -2.00. The van der Waals surface area contributed by atoms with Gasteiger partial charge in [-0.1, -0.05) is 6.92 Å². The van der Waals surface area contributed by atoms with Crippen LogP contribution in [0.15, 0.2) is 4.99 Å². The smallest absolute Gasteiger partial charge is 0.303 e. The average molecular weight is 185 g/mol. The first-order chi connectivity index (χ1) is 6.22. The van der Waals surface area contributed by atoms with Crippen LogP contribution in [0.2, 0.25) is 0 Å². The molecular formula is C9H15NO3. The molecule has 1 heterocycles. The Kier molecular flexibility index (Phi) is 3.73. The van der Waals surface area contributed by atoms with E-state index in [9.17, 15) is 4.79 Å². The van der Waals surface area contributed by atoms with Crippen molar-refractivity contribution in [2.24, 2.45) is 4.99 Å². The quantitative estimate of drug-likeness (QED) is 0.705. The van der Waals surface area contributed by atoms with E-state index < -0.39 is 5.97 Å². The number of hydrogen-bond donors (Lipinski definition) is 1. The van der Waals surface area contributed by atoms with Crippen molar-refractivity contribution in [1.29, 1.82) is 0 Å². The molecule has 0 amide bonds. The Morgan fingerprint density at radius 1 is 1.77 bits per heavy atom. The lowest BCUT2D eigenvalue weighted by Crippen LogP contribution is -2.08. The van der Waals surface area contributed by atoms with Crippen LogP contribution in [-0.4, -0.2) is 29.6 Å². The van der Waals surface area contributed by atoms with Gasteiger partial charge in [0.2, 0.25) is 0 Å². The van der Waals surface area contributed by atoms with E-state index in [4.69, 9.17) is 9.84 Å². The van der Waals surface area contributed by atoms with E-state index in [1.807, 2.05) is 0 Å². The van der Waals surface area contributed by atoms with Crippen LogP contribution in [0.25, 0.3) is 0 Å². The third kappa shape index (κ3) is 3.44.